The van der Waals surface area contributed by atoms with E-state index in [2.05, 4.69) is 0 Å². The van der Waals surface area contributed by atoms with Crippen LogP contribution in [0, 0.1) is 0 Å². The van der Waals surface area contributed by atoms with E-state index < -0.39 is 35.4 Å². The average Bonchev–Trinajstić information content (AvgIpc) is 2.88. The van der Waals surface area contributed by atoms with Gasteiger partial charge in [0, 0.05) is 6.08 Å². The summed E-state index contributed by atoms with van der Waals surface area (Å²) in [7, 11) is 0. The van der Waals surface area contributed by atoms with Crippen LogP contribution in [0.4, 0.5) is 18.0 Å². The van der Waals surface area contributed by atoms with Crippen LogP contribution in [0.25, 0.3) is 6.08 Å². The second-order valence-electron chi connectivity index (χ2n) is 6.91. The molecule has 1 fully saturated rings. The number of nitrogens with zero attached hydrogens (tertiary/aromatic N) is 1. The van der Waals surface area contributed by atoms with Crippen molar-refractivity contribution >= 4 is 18.1 Å². The van der Waals surface area contributed by atoms with Gasteiger partial charge in [-0.1, -0.05) is 48.5 Å². The predicted octanol–water partition coefficient (Wildman–Crippen LogP) is 5.22. The lowest BCUT2D eigenvalue weighted by Gasteiger charge is -2.27. The van der Waals surface area contributed by atoms with E-state index in [4.69, 9.17) is 4.74 Å². The number of imide groups is 1. The first-order valence-corrected chi connectivity index (χ1v) is 8.56. The van der Waals surface area contributed by atoms with Crippen molar-refractivity contribution in [1.29, 1.82) is 0 Å². The topological polar surface area (TPSA) is 46.6 Å². The van der Waals surface area contributed by atoms with Crippen LogP contribution in [0.5, 0.6) is 0 Å². The van der Waals surface area contributed by atoms with E-state index in [0.29, 0.717) is 5.56 Å². The molecule has 1 aliphatic rings. The highest BCUT2D eigenvalue weighted by molar-refractivity contribution is 6.02. The minimum absolute atomic E-state index is 0.161. The molecule has 1 atom stereocenters. The van der Waals surface area contributed by atoms with Crippen molar-refractivity contribution in [3.05, 3.63) is 77.4 Å². The lowest BCUT2D eigenvalue weighted by molar-refractivity contribution is -0.137. The summed E-state index contributed by atoms with van der Waals surface area (Å²) in [6.07, 6.45) is -3.36. The number of alkyl halides is 3. The highest BCUT2D eigenvalue weighted by atomic mass is 19.4. The number of amides is 2. The minimum atomic E-state index is -4.55. The second-order valence-corrected chi connectivity index (χ2v) is 6.91. The zero-order valence-electron chi connectivity index (χ0n) is 15.2. The summed E-state index contributed by atoms with van der Waals surface area (Å²) >= 11 is 0. The van der Waals surface area contributed by atoms with Crippen molar-refractivity contribution in [2.75, 3.05) is 0 Å². The average molecular weight is 389 g/mol. The number of carbonyl (C=O) groups excluding carboxylic acids is 2. The molecular formula is C21H18F3NO3. The Morgan fingerprint density at radius 1 is 1.07 bits per heavy atom. The van der Waals surface area contributed by atoms with Gasteiger partial charge in [-0.2, -0.15) is 13.2 Å². The number of hydrogen-bond acceptors (Lipinski definition) is 3. The molecule has 28 heavy (non-hydrogen) atoms. The van der Waals surface area contributed by atoms with Gasteiger partial charge in [0.05, 0.1) is 5.56 Å². The third-order valence-electron chi connectivity index (χ3n) is 4.49. The Balaban J connectivity index is 1.94. The molecule has 0 radical (unpaired) electrons. The smallest absolute Gasteiger partial charge is 0.418 e. The van der Waals surface area contributed by atoms with Crippen LogP contribution >= 0.6 is 0 Å². The number of benzene rings is 2. The van der Waals surface area contributed by atoms with Gasteiger partial charge in [-0.3, -0.25) is 4.79 Å². The molecule has 1 heterocycles. The number of rotatable bonds is 3. The van der Waals surface area contributed by atoms with Crippen molar-refractivity contribution in [3.8, 4) is 0 Å². The molecule has 2 aromatic rings. The normalized spacial score (nSPS) is 19.1. The first kappa shape index (κ1) is 19.7. The van der Waals surface area contributed by atoms with E-state index in [9.17, 15) is 22.8 Å². The van der Waals surface area contributed by atoms with Gasteiger partial charge in [0.2, 0.25) is 0 Å². The Kier molecular flexibility index (Phi) is 5.02. The van der Waals surface area contributed by atoms with Crippen LogP contribution in [0.15, 0.2) is 60.7 Å². The van der Waals surface area contributed by atoms with Gasteiger partial charge in [-0.25, -0.2) is 9.69 Å². The van der Waals surface area contributed by atoms with E-state index in [1.54, 1.807) is 44.2 Å². The standard InChI is InChI=1S/C21H18F3NO3/c1-20(2)18(15-9-4-3-5-10-15)25(19(27)28-20)17(26)13-12-14-8-6-7-11-16(14)21(22,23)24/h3-13,18H,1-2H3/b13-12+/t18-/m0/s1. The number of ether oxygens (including phenoxy) is 1. The third-order valence-corrected chi connectivity index (χ3v) is 4.49. The molecule has 2 aromatic carbocycles. The quantitative estimate of drug-likeness (QED) is 0.677. The Morgan fingerprint density at radius 2 is 1.68 bits per heavy atom. The Morgan fingerprint density at radius 3 is 2.32 bits per heavy atom. The highest BCUT2D eigenvalue weighted by Crippen LogP contribution is 2.41. The van der Waals surface area contributed by atoms with E-state index >= 15 is 0 Å². The summed E-state index contributed by atoms with van der Waals surface area (Å²) in [5.74, 6) is -0.749. The highest BCUT2D eigenvalue weighted by Gasteiger charge is 2.50. The van der Waals surface area contributed by atoms with Crippen LogP contribution in [-0.2, 0) is 15.7 Å². The van der Waals surface area contributed by atoms with Crippen molar-refractivity contribution in [3.63, 3.8) is 0 Å². The van der Waals surface area contributed by atoms with Crippen molar-refractivity contribution in [2.45, 2.75) is 31.7 Å². The molecule has 0 aliphatic carbocycles. The van der Waals surface area contributed by atoms with E-state index in [1.807, 2.05) is 0 Å². The zero-order chi connectivity index (χ0) is 20.5. The summed E-state index contributed by atoms with van der Waals surface area (Å²) in [5.41, 5.74) is -1.31. The maximum Gasteiger partial charge on any atom is 0.418 e. The van der Waals surface area contributed by atoms with Gasteiger partial charge in [0.25, 0.3) is 5.91 Å². The molecule has 2 amide bonds. The summed E-state index contributed by atoms with van der Waals surface area (Å²) < 4.78 is 44.7. The summed E-state index contributed by atoms with van der Waals surface area (Å²) in [5, 5.41) is 0. The largest absolute Gasteiger partial charge is 0.440 e. The molecule has 146 valence electrons. The van der Waals surface area contributed by atoms with Gasteiger partial charge in [0.1, 0.15) is 11.6 Å². The van der Waals surface area contributed by atoms with Gasteiger partial charge in [-0.05, 0) is 37.1 Å². The SMILES string of the molecule is CC1(C)OC(=O)N(C(=O)/C=C/c2ccccc2C(F)(F)F)[C@H]1c1ccccc1. The molecule has 0 aromatic heterocycles. The van der Waals surface area contributed by atoms with E-state index in [0.717, 1.165) is 23.1 Å². The van der Waals surface area contributed by atoms with Crippen LogP contribution in [0.3, 0.4) is 0 Å². The molecule has 7 heteroatoms. The fourth-order valence-corrected chi connectivity index (χ4v) is 3.29. The Hall–Kier alpha value is -3.09. The predicted molar refractivity (Wildman–Crippen MR) is 97.1 cm³/mol. The Labute approximate surface area is 160 Å². The molecule has 0 saturated carbocycles. The number of carbonyl (C=O) groups is 2. The van der Waals surface area contributed by atoms with E-state index in [-0.39, 0.29) is 5.56 Å². The molecular weight excluding hydrogens is 371 g/mol. The maximum atomic E-state index is 13.1. The molecule has 0 N–H and O–H groups in total. The van der Waals surface area contributed by atoms with Crippen LogP contribution in [0.1, 0.15) is 36.6 Å². The van der Waals surface area contributed by atoms with Gasteiger partial charge < -0.3 is 4.74 Å². The minimum Gasteiger partial charge on any atom is -0.440 e. The first-order chi connectivity index (χ1) is 13.1. The first-order valence-electron chi connectivity index (χ1n) is 8.56. The number of halogens is 3. The van der Waals surface area contributed by atoms with Gasteiger partial charge >= 0.3 is 12.3 Å². The fourth-order valence-electron chi connectivity index (χ4n) is 3.29. The molecule has 0 unspecified atom stereocenters. The summed E-state index contributed by atoms with van der Waals surface area (Å²) in [4.78, 5) is 26.0. The molecule has 3 rings (SSSR count). The Bertz CT molecular complexity index is 920. The zero-order valence-corrected chi connectivity index (χ0v) is 15.2. The lowest BCUT2D eigenvalue weighted by atomic mass is 9.91. The van der Waals surface area contributed by atoms with Crippen LogP contribution < -0.4 is 0 Å². The molecule has 1 aliphatic heterocycles. The van der Waals surface area contributed by atoms with Crippen molar-refractivity contribution in [1.82, 2.24) is 4.90 Å². The second kappa shape index (κ2) is 7.14. The third kappa shape index (κ3) is 3.78. The van der Waals surface area contributed by atoms with Crippen molar-refractivity contribution < 1.29 is 27.5 Å². The molecule has 4 nitrogen and oxygen atoms in total. The monoisotopic (exact) mass is 389 g/mol. The fraction of sp³-hybridized carbons (Fsp3) is 0.238. The van der Waals surface area contributed by atoms with Crippen LogP contribution in [0.2, 0.25) is 0 Å². The van der Waals surface area contributed by atoms with E-state index in [1.165, 1.54) is 18.2 Å². The summed E-state index contributed by atoms with van der Waals surface area (Å²) in [6, 6.07) is 13.1. The van der Waals surface area contributed by atoms with Crippen LogP contribution in [-0.4, -0.2) is 22.5 Å². The summed E-state index contributed by atoms with van der Waals surface area (Å²) in [6.45, 7) is 3.36. The van der Waals surface area contributed by atoms with Crippen molar-refractivity contribution in [2.24, 2.45) is 0 Å². The lowest BCUT2D eigenvalue weighted by Crippen LogP contribution is -2.37. The molecule has 1 saturated heterocycles. The van der Waals surface area contributed by atoms with Gasteiger partial charge in [-0.15, -0.1) is 0 Å². The number of hydrogen-bond donors (Lipinski definition) is 0. The molecule has 0 spiro atoms. The maximum absolute atomic E-state index is 13.1. The van der Waals surface area contributed by atoms with Gasteiger partial charge in [0.15, 0.2) is 0 Å². The number of cyclic esters (lactones) is 1. The molecule has 0 bridgehead atoms.